The number of primary sulfonamides is 1. The molecular formula is C12H12ClF3N2O3S. The van der Waals surface area contributed by atoms with Crippen LogP contribution in [-0.4, -0.2) is 26.6 Å². The highest BCUT2D eigenvalue weighted by Gasteiger charge is 2.36. The number of hydrogen-bond donors (Lipinski definition) is 1. The van der Waals surface area contributed by atoms with Gasteiger partial charge in [-0.3, -0.25) is 4.79 Å². The van der Waals surface area contributed by atoms with E-state index in [4.69, 9.17) is 16.7 Å². The summed E-state index contributed by atoms with van der Waals surface area (Å²) in [5.74, 6) is -1.48. The molecule has 0 spiro atoms. The second-order valence-electron chi connectivity index (χ2n) is 5.07. The highest BCUT2D eigenvalue weighted by atomic mass is 35.5. The van der Waals surface area contributed by atoms with Crippen molar-refractivity contribution >= 4 is 33.2 Å². The standard InChI is InChI=1S/C12H12ClF3N2O3S/c13-9-2-1-8(12(14,15)16)4-10(9)18-5-7(3-11(18)19)6-22(17,20)21/h1-2,4,7H,3,5-6H2,(H2,17,20,21). The predicted molar refractivity (Wildman–Crippen MR) is 74.9 cm³/mol. The van der Waals surface area contributed by atoms with Gasteiger partial charge in [0, 0.05) is 18.9 Å². The third-order valence-electron chi connectivity index (χ3n) is 3.24. The fourth-order valence-electron chi connectivity index (χ4n) is 2.35. The van der Waals surface area contributed by atoms with Gasteiger partial charge < -0.3 is 4.90 Å². The van der Waals surface area contributed by atoms with Gasteiger partial charge in [0.05, 0.1) is 22.0 Å². The molecule has 1 aromatic carbocycles. The van der Waals surface area contributed by atoms with Crippen molar-refractivity contribution in [2.45, 2.75) is 12.6 Å². The Morgan fingerprint density at radius 1 is 1.36 bits per heavy atom. The maximum atomic E-state index is 12.7. The SMILES string of the molecule is NS(=O)(=O)CC1CC(=O)N(c2cc(C(F)(F)F)ccc2Cl)C1. The third kappa shape index (κ3) is 3.90. The summed E-state index contributed by atoms with van der Waals surface area (Å²) in [6.07, 6.45) is -4.68. The van der Waals surface area contributed by atoms with Crippen molar-refractivity contribution in [2.75, 3.05) is 17.2 Å². The largest absolute Gasteiger partial charge is 0.416 e. The number of carbonyl (C=O) groups excluding carboxylic acids is 1. The number of anilines is 1. The van der Waals surface area contributed by atoms with Gasteiger partial charge in [0.25, 0.3) is 0 Å². The lowest BCUT2D eigenvalue weighted by Gasteiger charge is -2.19. The molecule has 5 nitrogen and oxygen atoms in total. The monoisotopic (exact) mass is 356 g/mol. The first-order chi connectivity index (χ1) is 9.97. The number of nitrogens with zero attached hydrogens (tertiary/aromatic N) is 1. The van der Waals surface area contributed by atoms with Crippen molar-refractivity contribution in [2.24, 2.45) is 11.1 Å². The molecule has 122 valence electrons. The van der Waals surface area contributed by atoms with E-state index in [9.17, 15) is 26.4 Å². The van der Waals surface area contributed by atoms with Gasteiger partial charge in [0.2, 0.25) is 15.9 Å². The molecule has 1 amide bonds. The van der Waals surface area contributed by atoms with Gasteiger partial charge in [0.1, 0.15) is 0 Å². The summed E-state index contributed by atoms with van der Waals surface area (Å²) in [6, 6.07) is 2.65. The highest BCUT2D eigenvalue weighted by molar-refractivity contribution is 7.89. The quantitative estimate of drug-likeness (QED) is 0.899. The fourth-order valence-corrected chi connectivity index (χ4v) is 3.45. The van der Waals surface area contributed by atoms with Crippen molar-refractivity contribution in [3.63, 3.8) is 0 Å². The number of amides is 1. The molecule has 1 unspecified atom stereocenters. The van der Waals surface area contributed by atoms with Crippen LogP contribution in [0, 0.1) is 5.92 Å². The Morgan fingerprint density at radius 2 is 2.00 bits per heavy atom. The van der Waals surface area contributed by atoms with Crippen molar-refractivity contribution in [3.8, 4) is 0 Å². The Morgan fingerprint density at radius 3 is 2.55 bits per heavy atom. The van der Waals surface area contributed by atoms with Gasteiger partial charge in [-0.1, -0.05) is 11.6 Å². The van der Waals surface area contributed by atoms with E-state index in [1.807, 2.05) is 0 Å². The molecule has 1 aliphatic rings. The second-order valence-corrected chi connectivity index (χ2v) is 7.13. The minimum atomic E-state index is -4.57. The van der Waals surface area contributed by atoms with E-state index < -0.39 is 39.3 Å². The van der Waals surface area contributed by atoms with Gasteiger partial charge in [-0.05, 0) is 18.2 Å². The molecule has 1 fully saturated rings. The third-order valence-corrected chi connectivity index (χ3v) is 4.49. The summed E-state index contributed by atoms with van der Waals surface area (Å²) in [5, 5.41) is 4.91. The number of benzene rings is 1. The average molecular weight is 357 g/mol. The summed E-state index contributed by atoms with van der Waals surface area (Å²) >= 11 is 5.87. The molecule has 0 aromatic heterocycles. The van der Waals surface area contributed by atoms with Crippen LogP contribution in [0.2, 0.25) is 5.02 Å². The van der Waals surface area contributed by atoms with Gasteiger partial charge in [-0.15, -0.1) is 0 Å². The van der Waals surface area contributed by atoms with E-state index in [0.29, 0.717) is 0 Å². The van der Waals surface area contributed by atoms with Crippen LogP contribution in [0.5, 0.6) is 0 Å². The molecule has 1 heterocycles. The summed E-state index contributed by atoms with van der Waals surface area (Å²) in [7, 11) is -3.77. The highest BCUT2D eigenvalue weighted by Crippen LogP contribution is 2.37. The Kier molecular flexibility index (Phi) is 4.42. The van der Waals surface area contributed by atoms with Crippen molar-refractivity contribution in [1.82, 2.24) is 0 Å². The number of alkyl halides is 3. The molecular weight excluding hydrogens is 345 g/mol. The molecule has 10 heteroatoms. The molecule has 0 radical (unpaired) electrons. The zero-order valence-corrected chi connectivity index (χ0v) is 12.7. The Hall–Kier alpha value is -1.32. The minimum absolute atomic E-state index is 0.0161. The van der Waals surface area contributed by atoms with E-state index in [2.05, 4.69) is 0 Å². The van der Waals surface area contributed by atoms with Crippen LogP contribution in [0.15, 0.2) is 18.2 Å². The average Bonchev–Trinajstić information content (AvgIpc) is 2.66. The maximum absolute atomic E-state index is 12.7. The van der Waals surface area contributed by atoms with Crippen molar-refractivity contribution in [3.05, 3.63) is 28.8 Å². The van der Waals surface area contributed by atoms with Crippen LogP contribution < -0.4 is 10.0 Å². The fraction of sp³-hybridized carbons (Fsp3) is 0.417. The normalized spacial score (nSPS) is 19.8. The first kappa shape index (κ1) is 17.0. The number of carbonyl (C=O) groups is 1. The zero-order valence-electron chi connectivity index (χ0n) is 11.1. The van der Waals surface area contributed by atoms with Gasteiger partial charge >= 0.3 is 6.18 Å². The number of nitrogens with two attached hydrogens (primary N) is 1. The number of hydrogen-bond acceptors (Lipinski definition) is 3. The predicted octanol–water partition coefficient (Wildman–Crippen LogP) is 2.00. The van der Waals surface area contributed by atoms with Gasteiger partial charge in [0.15, 0.2) is 0 Å². The molecule has 0 bridgehead atoms. The molecule has 0 aliphatic carbocycles. The van der Waals surface area contributed by atoms with E-state index in [1.54, 1.807) is 0 Å². The number of rotatable bonds is 3. The molecule has 2 N–H and O–H groups in total. The Bertz CT molecular complexity index is 706. The molecule has 1 saturated heterocycles. The molecule has 0 saturated carbocycles. The molecule has 22 heavy (non-hydrogen) atoms. The van der Waals surface area contributed by atoms with Crippen LogP contribution in [0.1, 0.15) is 12.0 Å². The van der Waals surface area contributed by atoms with Gasteiger partial charge in [-0.2, -0.15) is 13.2 Å². The van der Waals surface area contributed by atoms with Crippen LogP contribution in [0.3, 0.4) is 0 Å². The molecule has 2 rings (SSSR count). The molecule has 1 aliphatic heterocycles. The topological polar surface area (TPSA) is 80.5 Å². The lowest BCUT2D eigenvalue weighted by molar-refractivity contribution is -0.137. The van der Waals surface area contributed by atoms with Crippen molar-refractivity contribution < 1.29 is 26.4 Å². The zero-order chi connectivity index (χ0) is 16.7. The van der Waals surface area contributed by atoms with E-state index in [-0.39, 0.29) is 23.7 Å². The smallest absolute Gasteiger partial charge is 0.311 e. The maximum Gasteiger partial charge on any atom is 0.416 e. The summed E-state index contributed by atoms with van der Waals surface area (Å²) in [4.78, 5) is 13.0. The minimum Gasteiger partial charge on any atom is -0.311 e. The number of sulfonamides is 1. The Labute approximate surface area is 129 Å². The first-order valence-electron chi connectivity index (χ1n) is 6.15. The van der Waals surface area contributed by atoms with E-state index >= 15 is 0 Å². The molecule has 1 atom stereocenters. The van der Waals surface area contributed by atoms with Crippen LogP contribution in [0.4, 0.5) is 18.9 Å². The first-order valence-corrected chi connectivity index (χ1v) is 8.24. The van der Waals surface area contributed by atoms with Crippen LogP contribution in [0.25, 0.3) is 0 Å². The number of halogens is 4. The second kappa shape index (κ2) is 5.71. The lowest BCUT2D eigenvalue weighted by atomic mass is 10.1. The van der Waals surface area contributed by atoms with Crippen LogP contribution in [-0.2, 0) is 21.0 Å². The van der Waals surface area contributed by atoms with Gasteiger partial charge in [-0.25, -0.2) is 13.6 Å². The lowest BCUT2D eigenvalue weighted by Crippen LogP contribution is -2.28. The summed E-state index contributed by atoms with van der Waals surface area (Å²) in [5.41, 5.74) is -1.02. The summed E-state index contributed by atoms with van der Waals surface area (Å²) in [6.45, 7) is -0.0453. The van der Waals surface area contributed by atoms with E-state index in [0.717, 1.165) is 23.1 Å². The van der Waals surface area contributed by atoms with Crippen molar-refractivity contribution in [1.29, 1.82) is 0 Å². The van der Waals surface area contributed by atoms with E-state index in [1.165, 1.54) is 0 Å². The Balaban J connectivity index is 2.30. The van der Waals surface area contributed by atoms with Crippen LogP contribution >= 0.6 is 11.6 Å². The molecule has 1 aromatic rings. The summed E-state index contributed by atoms with van der Waals surface area (Å²) < 4.78 is 60.3.